The van der Waals surface area contributed by atoms with E-state index < -0.39 is 5.97 Å². The number of carboxylic acids is 1. The first-order chi connectivity index (χ1) is 9.00. The van der Waals surface area contributed by atoms with Crippen LogP contribution in [0.2, 0.25) is 0 Å². The monoisotopic (exact) mass is 262 g/mol. The number of amides is 2. The van der Waals surface area contributed by atoms with Gasteiger partial charge in [0.2, 0.25) is 0 Å². The maximum absolute atomic E-state index is 12.2. The molecule has 0 saturated carbocycles. The van der Waals surface area contributed by atoms with Crippen molar-refractivity contribution >= 4 is 12.0 Å². The highest BCUT2D eigenvalue weighted by Gasteiger charge is 2.38. The van der Waals surface area contributed by atoms with Gasteiger partial charge in [0.05, 0.1) is 12.5 Å². The standard InChI is InChI=1S/C14H18N2O3/c1-10(8-13(17)18)16-9-12(15(2)14(16)19)11-6-4-3-5-7-11/h3-7,10,12H,8-9H2,1-2H3,(H,17,18). The number of nitrogens with zero attached hydrogens (tertiary/aromatic N) is 2. The van der Waals surface area contributed by atoms with E-state index in [1.807, 2.05) is 30.3 Å². The minimum absolute atomic E-state index is 0.00931. The molecule has 2 unspecified atom stereocenters. The average Bonchev–Trinajstić information content (AvgIpc) is 2.67. The number of hydrogen-bond acceptors (Lipinski definition) is 2. The zero-order valence-electron chi connectivity index (χ0n) is 11.1. The largest absolute Gasteiger partial charge is 0.481 e. The summed E-state index contributed by atoms with van der Waals surface area (Å²) in [5.74, 6) is -0.883. The van der Waals surface area contributed by atoms with Crippen LogP contribution in [0.1, 0.15) is 24.9 Å². The van der Waals surface area contributed by atoms with Crippen molar-refractivity contribution < 1.29 is 14.7 Å². The average molecular weight is 262 g/mol. The number of carboxylic acid groups (broad SMARTS) is 1. The molecule has 1 fully saturated rings. The fraction of sp³-hybridized carbons (Fsp3) is 0.429. The predicted molar refractivity (Wildman–Crippen MR) is 70.8 cm³/mol. The Morgan fingerprint density at radius 1 is 1.42 bits per heavy atom. The Balaban J connectivity index is 2.15. The van der Waals surface area contributed by atoms with Crippen LogP contribution in [-0.4, -0.2) is 46.5 Å². The zero-order chi connectivity index (χ0) is 14.0. The molecule has 102 valence electrons. The molecule has 1 aliphatic rings. The molecule has 0 spiro atoms. The topological polar surface area (TPSA) is 60.9 Å². The molecule has 1 aliphatic heterocycles. The van der Waals surface area contributed by atoms with Crippen LogP contribution in [0.4, 0.5) is 4.79 Å². The Labute approximate surface area is 112 Å². The first-order valence-corrected chi connectivity index (χ1v) is 6.31. The number of likely N-dealkylation sites (N-methyl/N-ethyl adjacent to an activating group) is 1. The van der Waals surface area contributed by atoms with Gasteiger partial charge in [0.15, 0.2) is 0 Å². The first-order valence-electron chi connectivity index (χ1n) is 6.31. The highest BCUT2D eigenvalue weighted by atomic mass is 16.4. The lowest BCUT2D eigenvalue weighted by Crippen LogP contribution is -2.37. The number of hydrogen-bond donors (Lipinski definition) is 1. The number of carbonyl (C=O) groups excluding carboxylic acids is 1. The van der Waals surface area contributed by atoms with Crippen LogP contribution in [0.3, 0.4) is 0 Å². The van der Waals surface area contributed by atoms with E-state index in [2.05, 4.69) is 0 Å². The Morgan fingerprint density at radius 2 is 2.05 bits per heavy atom. The van der Waals surface area contributed by atoms with Gasteiger partial charge in [0, 0.05) is 19.6 Å². The molecule has 2 atom stereocenters. The zero-order valence-corrected chi connectivity index (χ0v) is 11.1. The van der Waals surface area contributed by atoms with Gasteiger partial charge in [-0.25, -0.2) is 4.79 Å². The van der Waals surface area contributed by atoms with Gasteiger partial charge in [0.25, 0.3) is 0 Å². The maximum atomic E-state index is 12.2. The summed E-state index contributed by atoms with van der Waals surface area (Å²) in [6.45, 7) is 2.31. The van der Waals surface area contributed by atoms with E-state index in [9.17, 15) is 9.59 Å². The Kier molecular flexibility index (Phi) is 3.74. The number of benzene rings is 1. The third-order valence-corrected chi connectivity index (χ3v) is 3.57. The van der Waals surface area contributed by atoms with E-state index in [1.54, 1.807) is 23.8 Å². The van der Waals surface area contributed by atoms with Gasteiger partial charge in [-0.1, -0.05) is 30.3 Å². The summed E-state index contributed by atoms with van der Waals surface area (Å²) in [7, 11) is 1.76. The van der Waals surface area contributed by atoms with Gasteiger partial charge in [-0.15, -0.1) is 0 Å². The van der Waals surface area contributed by atoms with Crippen molar-refractivity contribution in [1.82, 2.24) is 9.80 Å². The van der Waals surface area contributed by atoms with Crippen LogP contribution in [-0.2, 0) is 4.79 Å². The molecule has 1 aromatic rings. The quantitative estimate of drug-likeness (QED) is 0.902. The molecule has 0 bridgehead atoms. The fourth-order valence-electron chi connectivity index (χ4n) is 2.46. The summed E-state index contributed by atoms with van der Waals surface area (Å²) in [6, 6.07) is 9.38. The molecule has 0 radical (unpaired) electrons. The Hall–Kier alpha value is -2.04. The van der Waals surface area contributed by atoms with Crippen molar-refractivity contribution in [3.05, 3.63) is 35.9 Å². The Morgan fingerprint density at radius 3 is 2.63 bits per heavy atom. The molecule has 19 heavy (non-hydrogen) atoms. The van der Waals surface area contributed by atoms with Crippen molar-refractivity contribution in [2.45, 2.75) is 25.4 Å². The molecule has 5 heteroatoms. The summed E-state index contributed by atoms with van der Waals surface area (Å²) in [5.41, 5.74) is 1.07. The van der Waals surface area contributed by atoms with E-state index in [0.717, 1.165) is 5.56 Å². The van der Waals surface area contributed by atoms with Crippen LogP contribution in [0.15, 0.2) is 30.3 Å². The van der Waals surface area contributed by atoms with Crippen LogP contribution in [0.5, 0.6) is 0 Å². The number of carbonyl (C=O) groups is 2. The van der Waals surface area contributed by atoms with E-state index in [-0.39, 0.29) is 24.5 Å². The smallest absolute Gasteiger partial charge is 0.320 e. The van der Waals surface area contributed by atoms with Crippen LogP contribution >= 0.6 is 0 Å². The van der Waals surface area contributed by atoms with Crippen LogP contribution < -0.4 is 0 Å². The minimum atomic E-state index is -0.883. The molecule has 0 aliphatic carbocycles. The molecule has 2 amide bonds. The highest BCUT2D eigenvalue weighted by molar-refractivity contribution is 5.78. The first kappa shape index (κ1) is 13.4. The third-order valence-electron chi connectivity index (χ3n) is 3.57. The summed E-state index contributed by atoms with van der Waals surface area (Å²) in [5, 5.41) is 8.83. The normalized spacial score (nSPS) is 20.7. The highest BCUT2D eigenvalue weighted by Crippen LogP contribution is 2.29. The van der Waals surface area contributed by atoms with Crippen molar-refractivity contribution in [3.8, 4) is 0 Å². The lowest BCUT2D eigenvalue weighted by Gasteiger charge is -2.22. The molecule has 2 rings (SSSR count). The van der Waals surface area contributed by atoms with E-state index >= 15 is 0 Å². The van der Waals surface area contributed by atoms with E-state index in [4.69, 9.17) is 5.11 Å². The molecular formula is C14H18N2O3. The summed E-state index contributed by atoms with van der Waals surface area (Å²) < 4.78 is 0. The SMILES string of the molecule is CC(CC(=O)O)N1CC(c2ccccc2)N(C)C1=O. The van der Waals surface area contributed by atoms with E-state index in [0.29, 0.717) is 6.54 Å². The Bertz CT molecular complexity index is 475. The molecule has 1 N–H and O–H groups in total. The van der Waals surface area contributed by atoms with Gasteiger partial charge in [0.1, 0.15) is 0 Å². The number of urea groups is 1. The maximum Gasteiger partial charge on any atom is 0.320 e. The second kappa shape index (κ2) is 5.30. The van der Waals surface area contributed by atoms with Crippen molar-refractivity contribution in [2.75, 3.05) is 13.6 Å². The van der Waals surface area contributed by atoms with Crippen molar-refractivity contribution in [3.63, 3.8) is 0 Å². The fourth-order valence-corrected chi connectivity index (χ4v) is 2.46. The molecule has 5 nitrogen and oxygen atoms in total. The van der Waals surface area contributed by atoms with Crippen molar-refractivity contribution in [2.24, 2.45) is 0 Å². The van der Waals surface area contributed by atoms with E-state index in [1.165, 1.54) is 0 Å². The van der Waals surface area contributed by atoms with Crippen molar-refractivity contribution in [1.29, 1.82) is 0 Å². The molecular weight excluding hydrogens is 244 g/mol. The van der Waals surface area contributed by atoms with Gasteiger partial charge >= 0.3 is 12.0 Å². The summed E-state index contributed by atoms with van der Waals surface area (Å²) >= 11 is 0. The van der Waals surface area contributed by atoms with Crippen LogP contribution in [0.25, 0.3) is 0 Å². The lowest BCUT2D eigenvalue weighted by atomic mass is 10.1. The van der Waals surface area contributed by atoms with Gasteiger partial charge in [-0.05, 0) is 12.5 Å². The predicted octanol–water partition coefficient (Wildman–Crippen LogP) is 1.96. The minimum Gasteiger partial charge on any atom is -0.481 e. The molecule has 1 saturated heterocycles. The molecule has 1 heterocycles. The lowest BCUT2D eigenvalue weighted by molar-refractivity contribution is -0.137. The molecule has 0 aromatic heterocycles. The van der Waals surface area contributed by atoms with Gasteiger partial charge in [-0.2, -0.15) is 0 Å². The van der Waals surface area contributed by atoms with Crippen LogP contribution in [0, 0.1) is 0 Å². The molecule has 1 aromatic carbocycles. The second-order valence-electron chi connectivity index (χ2n) is 4.92. The van der Waals surface area contributed by atoms with Gasteiger partial charge in [-0.3, -0.25) is 4.79 Å². The second-order valence-corrected chi connectivity index (χ2v) is 4.92. The number of aliphatic carboxylic acids is 1. The summed E-state index contributed by atoms with van der Waals surface area (Å²) in [6.07, 6.45) is -0.0267. The third kappa shape index (κ3) is 2.70. The number of rotatable bonds is 4. The summed E-state index contributed by atoms with van der Waals surface area (Å²) in [4.78, 5) is 26.2. The van der Waals surface area contributed by atoms with Gasteiger partial charge < -0.3 is 14.9 Å².